The normalized spacial score (nSPS) is 11.8. The summed E-state index contributed by atoms with van der Waals surface area (Å²) in [5, 5.41) is 5.25. The third kappa shape index (κ3) is 5.32. The average Bonchev–Trinajstić information content (AvgIpc) is 2.59. The molecule has 0 saturated carbocycles. The SMILES string of the molecule is CC(C)c1ccc(C(N)CNC(=O)c2cccc(NC(N)=O)c2)cc1. The molecule has 2 aromatic carbocycles. The van der Waals surface area contributed by atoms with E-state index in [-0.39, 0.29) is 11.9 Å². The second kappa shape index (κ2) is 8.30. The van der Waals surface area contributed by atoms with Gasteiger partial charge in [-0.05, 0) is 35.2 Å². The van der Waals surface area contributed by atoms with Crippen molar-refractivity contribution in [3.8, 4) is 0 Å². The molecule has 0 heterocycles. The third-order valence-electron chi connectivity index (χ3n) is 3.91. The minimum Gasteiger partial charge on any atom is -0.351 e. The van der Waals surface area contributed by atoms with Gasteiger partial charge in [-0.25, -0.2) is 4.79 Å². The van der Waals surface area contributed by atoms with Crippen LogP contribution in [0.4, 0.5) is 10.5 Å². The van der Waals surface area contributed by atoms with E-state index >= 15 is 0 Å². The fraction of sp³-hybridized carbons (Fsp3) is 0.263. The van der Waals surface area contributed by atoms with Crippen LogP contribution >= 0.6 is 0 Å². The van der Waals surface area contributed by atoms with Crippen LogP contribution in [0.25, 0.3) is 0 Å². The number of urea groups is 1. The molecular formula is C19H24N4O2. The lowest BCUT2D eigenvalue weighted by molar-refractivity contribution is 0.0951. The number of amides is 3. The van der Waals surface area contributed by atoms with Crippen molar-refractivity contribution in [3.63, 3.8) is 0 Å². The van der Waals surface area contributed by atoms with Gasteiger partial charge in [0.15, 0.2) is 0 Å². The average molecular weight is 340 g/mol. The predicted molar refractivity (Wildman–Crippen MR) is 99.4 cm³/mol. The van der Waals surface area contributed by atoms with E-state index < -0.39 is 6.03 Å². The molecule has 0 aliphatic rings. The minimum atomic E-state index is -0.676. The lowest BCUT2D eigenvalue weighted by atomic mass is 9.99. The summed E-state index contributed by atoms with van der Waals surface area (Å²) in [7, 11) is 0. The second-order valence-corrected chi connectivity index (χ2v) is 6.21. The molecule has 0 aliphatic heterocycles. The quantitative estimate of drug-likeness (QED) is 0.649. The molecular weight excluding hydrogens is 316 g/mol. The number of hydrogen-bond acceptors (Lipinski definition) is 3. The monoisotopic (exact) mass is 340 g/mol. The van der Waals surface area contributed by atoms with Gasteiger partial charge in [0.2, 0.25) is 0 Å². The molecule has 3 amide bonds. The number of primary amides is 1. The van der Waals surface area contributed by atoms with E-state index in [4.69, 9.17) is 11.5 Å². The molecule has 132 valence electrons. The Kier molecular flexibility index (Phi) is 6.14. The molecule has 6 heteroatoms. The number of rotatable bonds is 6. The predicted octanol–water partition coefficient (Wildman–Crippen LogP) is 2.73. The van der Waals surface area contributed by atoms with Gasteiger partial charge in [-0.1, -0.05) is 44.2 Å². The largest absolute Gasteiger partial charge is 0.351 e. The van der Waals surface area contributed by atoms with E-state index in [2.05, 4.69) is 36.6 Å². The van der Waals surface area contributed by atoms with Gasteiger partial charge < -0.3 is 22.1 Å². The molecule has 25 heavy (non-hydrogen) atoms. The maximum Gasteiger partial charge on any atom is 0.316 e. The molecule has 0 aliphatic carbocycles. The van der Waals surface area contributed by atoms with Gasteiger partial charge in [0.1, 0.15) is 0 Å². The van der Waals surface area contributed by atoms with E-state index in [0.29, 0.717) is 23.7 Å². The number of nitrogens with one attached hydrogen (secondary N) is 2. The van der Waals surface area contributed by atoms with Crippen molar-refractivity contribution in [1.82, 2.24) is 5.32 Å². The second-order valence-electron chi connectivity index (χ2n) is 6.21. The highest BCUT2D eigenvalue weighted by Gasteiger charge is 2.11. The Labute approximate surface area is 147 Å². The minimum absolute atomic E-state index is 0.262. The standard InChI is InChI=1S/C19H24N4O2/c1-12(2)13-6-8-14(9-7-13)17(20)11-22-18(24)15-4-3-5-16(10-15)23-19(21)25/h3-10,12,17H,11,20H2,1-2H3,(H,22,24)(H3,21,23,25). The molecule has 0 aromatic heterocycles. The molecule has 2 rings (SSSR count). The summed E-state index contributed by atoms with van der Waals surface area (Å²) in [5.41, 5.74) is 14.3. The third-order valence-corrected chi connectivity index (χ3v) is 3.91. The summed E-state index contributed by atoms with van der Waals surface area (Å²) in [6.45, 7) is 4.58. The van der Waals surface area contributed by atoms with Crippen LogP contribution in [0.2, 0.25) is 0 Å². The molecule has 0 spiro atoms. The molecule has 1 unspecified atom stereocenters. The highest BCUT2D eigenvalue weighted by Crippen LogP contribution is 2.17. The van der Waals surface area contributed by atoms with Gasteiger partial charge in [0.05, 0.1) is 0 Å². The molecule has 2 aromatic rings. The number of carbonyl (C=O) groups excluding carboxylic acids is 2. The highest BCUT2D eigenvalue weighted by atomic mass is 16.2. The number of benzene rings is 2. The van der Waals surface area contributed by atoms with E-state index in [1.54, 1.807) is 24.3 Å². The first-order chi connectivity index (χ1) is 11.9. The zero-order valence-electron chi connectivity index (χ0n) is 14.5. The Bertz CT molecular complexity index is 741. The van der Waals surface area contributed by atoms with Crippen LogP contribution in [0.1, 0.15) is 47.3 Å². The fourth-order valence-corrected chi connectivity index (χ4v) is 2.43. The van der Waals surface area contributed by atoms with Gasteiger partial charge >= 0.3 is 6.03 Å². The topological polar surface area (TPSA) is 110 Å². The van der Waals surface area contributed by atoms with Crippen molar-refractivity contribution < 1.29 is 9.59 Å². The molecule has 6 nitrogen and oxygen atoms in total. The van der Waals surface area contributed by atoms with Crippen LogP contribution < -0.4 is 22.1 Å². The van der Waals surface area contributed by atoms with Crippen LogP contribution in [0.5, 0.6) is 0 Å². The molecule has 1 atom stereocenters. The zero-order chi connectivity index (χ0) is 18.4. The fourth-order valence-electron chi connectivity index (χ4n) is 2.43. The van der Waals surface area contributed by atoms with Gasteiger partial charge in [-0.3, -0.25) is 4.79 Å². The first-order valence-corrected chi connectivity index (χ1v) is 8.17. The first-order valence-electron chi connectivity index (χ1n) is 8.17. The number of hydrogen-bond donors (Lipinski definition) is 4. The Morgan fingerprint density at radius 1 is 1.04 bits per heavy atom. The Hall–Kier alpha value is -2.86. The molecule has 0 bridgehead atoms. The van der Waals surface area contributed by atoms with Crippen molar-refractivity contribution in [1.29, 1.82) is 0 Å². The van der Waals surface area contributed by atoms with Gasteiger partial charge in [-0.2, -0.15) is 0 Å². The highest BCUT2D eigenvalue weighted by molar-refractivity contribution is 5.96. The zero-order valence-corrected chi connectivity index (χ0v) is 14.5. The number of anilines is 1. The van der Waals surface area contributed by atoms with Crippen molar-refractivity contribution in [2.45, 2.75) is 25.8 Å². The first kappa shape index (κ1) is 18.5. The Morgan fingerprint density at radius 2 is 1.68 bits per heavy atom. The molecule has 0 fully saturated rings. The van der Waals surface area contributed by atoms with Crippen molar-refractivity contribution in [2.24, 2.45) is 11.5 Å². The van der Waals surface area contributed by atoms with Gasteiger partial charge in [0, 0.05) is 23.8 Å². The van der Waals surface area contributed by atoms with Crippen LogP contribution in [-0.2, 0) is 0 Å². The van der Waals surface area contributed by atoms with Crippen LogP contribution in [-0.4, -0.2) is 18.5 Å². The van der Waals surface area contributed by atoms with Gasteiger partial charge in [0.25, 0.3) is 5.91 Å². The molecule has 0 radical (unpaired) electrons. The maximum absolute atomic E-state index is 12.3. The van der Waals surface area contributed by atoms with Crippen molar-refractivity contribution in [2.75, 3.05) is 11.9 Å². The van der Waals surface area contributed by atoms with E-state index in [1.165, 1.54) is 5.56 Å². The van der Waals surface area contributed by atoms with E-state index in [1.807, 2.05) is 12.1 Å². The van der Waals surface area contributed by atoms with Crippen molar-refractivity contribution >= 4 is 17.6 Å². The van der Waals surface area contributed by atoms with Crippen LogP contribution in [0.15, 0.2) is 48.5 Å². The summed E-state index contributed by atoms with van der Waals surface area (Å²) in [6, 6.07) is 13.7. The molecule has 6 N–H and O–H groups in total. The number of nitrogens with two attached hydrogens (primary N) is 2. The summed E-state index contributed by atoms with van der Waals surface area (Å²) in [4.78, 5) is 23.1. The van der Waals surface area contributed by atoms with E-state index in [0.717, 1.165) is 5.56 Å². The summed E-state index contributed by atoms with van der Waals surface area (Å²) < 4.78 is 0. The lowest BCUT2D eigenvalue weighted by Crippen LogP contribution is -2.32. The lowest BCUT2D eigenvalue weighted by Gasteiger charge is -2.15. The Balaban J connectivity index is 1.95. The number of carbonyl (C=O) groups is 2. The van der Waals surface area contributed by atoms with E-state index in [9.17, 15) is 9.59 Å². The smallest absolute Gasteiger partial charge is 0.316 e. The van der Waals surface area contributed by atoms with Crippen LogP contribution in [0.3, 0.4) is 0 Å². The van der Waals surface area contributed by atoms with Gasteiger partial charge in [-0.15, -0.1) is 0 Å². The maximum atomic E-state index is 12.3. The summed E-state index contributed by atoms with van der Waals surface area (Å²) >= 11 is 0. The summed E-state index contributed by atoms with van der Waals surface area (Å²) in [5.74, 6) is 0.202. The molecule has 0 saturated heterocycles. The Morgan fingerprint density at radius 3 is 2.28 bits per heavy atom. The summed E-state index contributed by atoms with van der Waals surface area (Å²) in [6.07, 6.45) is 0. The van der Waals surface area contributed by atoms with Crippen LogP contribution in [0, 0.1) is 0 Å². The van der Waals surface area contributed by atoms with Crippen molar-refractivity contribution in [3.05, 3.63) is 65.2 Å².